The Hall–Kier alpha value is -1.11. The molecule has 138 valence electrons. The van der Waals surface area contributed by atoms with E-state index in [4.69, 9.17) is 0 Å². The smallest absolute Gasteiger partial charge is 0.254 e. The Morgan fingerprint density at radius 2 is 1.96 bits per heavy atom. The van der Waals surface area contributed by atoms with Gasteiger partial charge in [0.2, 0.25) is 5.91 Å². The first-order valence-electron chi connectivity index (χ1n) is 8.64. The molecule has 3 unspecified atom stereocenters. The van der Waals surface area contributed by atoms with E-state index in [0.717, 1.165) is 36.8 Å². The van der Waals surface area contributed by atoms with Gasteiger partial charge in [0.15, 0.2) is 0 Å². The fourth-order valence-corrected chi connectivity index (χ4v) is 3.77. The lowest BCUT2D eigenvalue weighted by atomic mass is 9.94. The van der Waals surface area contributed by atoms with Crippen molar-refractivity contribution in [1.82, 2.24) is 15.5 Å². The van der Waals surface area contributed by atoms with Crippen LogP contribution < -0.4 is 10.6 Å². The number of amides is 2. The number of rotatable bonds is 3. The molecule has 25 heavy (non-hydrogen) atoms. The molecule has 2 N–H and O–H groups in total. The summed E-state index contributed by atoms with van der Waals surface area (Å²) in [6.45, 7) is 4.63. The molecule has 0 bridgehead atoms. The Labute approximate surface area is 163 Å². The van der Waals surface area contributed by atoms with Crippen molar-refractivity contribution in [3.63, 3.8) is 0 Å². The largest absolute Gasteiger partial charge is 0.350 e. The summed E-state index contributed by atoms with van der Waals surface area (Å²) in [5.41, 5.74) is 0.630. The van der Waals surface area contributed by atoms with Crippen molar-refractivity contribution < 1.29 is 9.59 Å². The molecule has 0 spiro atoms. The Balaban J connectivity index is 0.00000225. The number of halogens is 2. The van der Waals surface area contributed by atoms with Gasteiger partial charge in [-0.3, -0.25) is 9.59 Å². The van der Waals surface area contributed by atoms with Crippen LogP contribution in [0.5, 0.6) is 0 Å². The van der Waals surface area contributed by atoms with E-state index < -0.39 is 0 Å². The zero-order valence-corrected chi connectivity index (χ0v) is 16.7. The van der Waals surface area contributed by atoms with E-state index in [1.54, 1.807) is 17.0 Å². The normalized spacial score (nSPS) is 26.0. The summed E-state index contributed by atoms with van der Waals surface area (Å²) in [5.74, 6) is 0.390. The number of hydrogen-bond acceptors (Lipinski definition) is 3. The molecule has 0 saturated carbocycles. The maximum atomic E-state index is 12.7. The summed E-state index contributed by atoms with van der Waals surface area (Å²) >= 11 is 3.38. The second-order valence-electron chi connectivity index (χ2n) is 6.75. The minimum absolute atomic E-state index is 0. The van der Waals surface area contributed by atoms with E-state index in [1.807, 2.05) is 12.1 Å². The Morgan fingerprint density at radius 1 is 1.24 bits per heavy atom. The van der Waals surface area contributed by atoms with Crippen LogP contribution >= 0.6 is 28.3 Å². The number of nitrogens with one attached hydrogen (secondary N) is 2. The van der Waals surface area contributed by atoms with Gasteiger partial charge < -0.3 is 15.5 Å². The van der Waals surface area contributed by atoms with Crippen LogP contribution in [0.1, 0.15) is 36.5 Å². The van der Waals surface area contributed by atoms with Gasteiger partial charge in [0.05, 0.1) is 0 Å². The maximum Gasteiger partial charge on any atom is 0.254 e. The number of hydrogen-bond donors (Lipinski definition) is 2. The van der Waals surface area contributed by atoms with Crippen molar-refractivity contribution in [2.45, 2.75) is 38.3 Å². The van der Waals surface area contributed by atoms with Crippen LogP contribution in [0.25, 0.3) is 0 Å². The van der Waals surface area contributed by atoms with E-state index in [0.29, 0.717) is 18.0 Å². The summed E-state index contributed by atoms with van der Waals surface area (Å²) in [6, 6.07) is 7.10. The molecular weight excluding hydrogens is 406 g/mol. The number of piperidine rings is 1. The minimum atomic E-state index is -0.352. The van der Waals surface area contributed by atoms with E-state index in [9.17, 15) is 9.59 Å². The van der Waals surface area contributed by atoms with E-state index in [-0.39, 0.29) is 36.3 Å². The summed E-state index contributed by atoms with van der Waals surface area (Å²) in [6.07, 6.45) is 2.68. The third-order valence-electron chi connectivity index (χ3n) is 5.06. The highest BCUT2D eigenvalue weighted by molar-refractivity contribution is 9.10. The van der Waals surface area contributed by atoms with Gasteiger partial charge in [0, 0.05) is 29.2 Å². The molecule has 1 aromatic rings. The predicted molar refractivity (Wildman–Crippen MR) is 104 cm³/mol. The average molecular weight is 431 g/mol. The van der Waals surface area contributed by atoms with Crippen LogP contribution in [0, 0.1) is 5.92 Å². The second kappa shape index (κ2) is 9.01. The molecule has 3 rings (SSSR count). The summed E-state index contributed by atoms with van der Waals surface area (Å²) in [5, 5.41) is 6.48. The highest BCUT2D eigenvalue weighted by Crippen LogP contribution is 2.22. The molecule has 1 aromatic carbocycles. The molecule has 0 aliphatic carbocycles. The van der Waals surface area contributed by atoms with Crippen molar-refractivity contribution in [3.05, 3.63) is 34.3 Å². The topological polar surface area (TPSA) is 61.4 Å². The molecule has 3 atom stereocenters. The van der Waals surface area contributed by atoms with Crippen LogP contribution in [-0.4, -0.2) is 48.4 Å². The number of likely N-dealkylation sites (tertiary alicyclic amines) is 1. The first kappa shape index (κ1) is 20.2. The number of carbonyl (C=O) groups excluding carboxylic acids is 2. The lowest BCUT2D eigenvalue weighted by molar-refractivity contribution is -0.126. The molecule has 2 amide bonds. The molecule has 2 fully saturated rings. The van der Waals surface area contributed by atoms with Gasteiger partial charge >= 0.3 is 0 Å². The molecule has 2 heterocycles. The summed E-state index contributed by atoms with van der Waals surface area (Å²) < 4.78 is 0.938. The van der Waals surface area contributed by atoms with Crippen molar-refractivity contribution in [2.75, 3.05) is 19.6 Å². The predicted octanol–water partition coefficient (Wildman–Crippen LogP) is 2.59. The molecule has 0 radical (unpaired) electrons. The highest BCUT2D eigenvalue weighted by Gasteiger charge is 2.36. The molecule has 7 heteroatoms. The maximum absolute atomic E-state index is 12.7. The van der Waals surface area contributed by atoms with Crippen molar-refractivity contribution in [2.24, 2.45) is 5.92 Å². The highest BCUT2D eigenvalue weighted by atomic mass is 79.9. The van der Waals surface area contributed by atoms with Crippen molar-refractivity contribution in [3.8, 4) is 0 Å². The zero-order valence-electron chi connectivity index (χ0n) is 14.3. The quantitative estimate of drug-likeness (QED) is 0.775. The van der Waals surface area contributed by atoms with Crippen LogP contribution in [0.4, 0.5) is 0 Å². The lowest BCUT2D eigenvalue weighted by Gasteiger charge is -2.32. The Kier molecular flexibility index (Phi) is 7.28. The van der Waals surface area contributed by atoms with E-state index in [2.05, 4.69) is 33.5 Å². The molecule has 2 saturated heterocycles. The van der Waals surface area contributed by atoms with Crippen molar-refractivity contribution in [1.29, 1.82) is 0 Å². The standard InChI is InChI=1S/C18H24BrN3O2.ClH/c1-12-8-9-20-11-15(12)21-17(23)16-3-2-10-22(16)18(24)13-4-6-14(19)7-5-13;/h4-7,12,15-16,20H,2-3,8-11H2,1H3,(H,21,23);1H. The van der Waals surface area contributed by atoms with Gasteiger partial charge in [-0.2, -0.15) is 0 Å². The lowest BCUT2D eigenvalue weighted by Crippen LogP contribution is -2.55. The van der Waals surface area contributed by atoms with Crippen LogP contribution in [0.3, 0.4) is 0 Å². The van der Waals surface area contributed by atoms with Gasteiger partial charge in [-0.05, 0) is 56.0 Å². The average Bonchev–Trinajstić information content (AvgIpc) is 3.07. The van der Waals surface area contributed by atoms with E-state index >= 15 is 0 Å². The summed E-state index contributed by atoms with van der Waals surface area (Å²) in [7, 11) is 0. The third kappa shape index (κ3) is 4.74. The molecule has 0 aromatic heterocycles. The molecule has 2 aliphatic rings. The van der Waals surface area contributed by atoms with Crippen LogP contribution in [-0.2, 0) is 4.79 Å². The molecule has 2 aliphatic heterocycles. The Morgan fingerprint density at radius 3 is 2.64 bits per heavy atom. The molecular formula is C18H25BrClN3O2. The number of carbonyl (C=O) groups is 2. The monoisotopic (exact) mass is 429 g/mol. The first-order chi connectivity index (χ1) is 11.6. The van der Waals surface area contributed by atoms with Gasteiger partial charge in [0.1, 0.15) is 6.04 Å². The molecule has 5 nitrogen and oxygen atoms in total. The van der Waals surface area contributed by atoms with Gasteiger partial charge in [0.25, 0.3) is 5.91 Å². The van der Waals surface area contributed by atoms with Gasteiger partial charge in [-0.25, -0.2) is 0 Å². The van der Waals surface area contributed by atoms with Crippen LogP contribution in [0.2, 0.25) is 0 Å². The van der Waals surface area contributed by atoms with Gasteiger partial charge in [-0.15, -0.1) is 12.4 Å². The fourth-order valence-electron chi connectivity index (χ4n) is 3.50. The first-order valence-corrected chi connectivity index (χ1v) is 9.43. The van der Waals surface area contributed by atoms with E-state index in [1.165, 1.54) is 0 Å². The number of benzene rings is 1. The zero-order chi connectivity index (χ0) is 17.1. The summed E-state index contributed by atoms with van der Waals surface area (Å²) in [4.78, 5) is 27.2. The number of nitrogens with zero attached hydrogens (tertiary/aromatic N) is 1. The second-order valence-corrected chi connectivity index (χ2v) is 7.66. The SMILES string of the molecule is CC1CCNCC1NC(=O)C1CCCN1C(=O)c1ccc(Br)cc1.Cl. The fraction of sp³-hybridized carbons (Fsp3) is 0.556. The van der Waals surface area contributed by atoms with Gasteiger partial charge in [-0.1, -0.05) is 22.9 Å². The van der Waals surface area contributed by atoms with Crippen molar-refractivity contribution >= 4 is 40.2 Å². The minimum Gasteiger partial charge on any atom is -0.350 e. The third-order valence-corrected chi connectivity index (χ3v) is 5.59. The van der Waals surface area contributed by atoms with Crippen LogP contribution in [0.15, 0.2) is 28.7 Å². The Bertz CT molecular complexity index is 611.